The van der Waals surface area contributed by atoms with Gasteiger partial charge in [-0.2, -0.15) is 0 Å². The molecule has 24 heavy (non-hydrogen) atoms. The Hall–Kier alpha value is -2.36. The Kier molecular flexibility index (Phi) is 6.79. The monoisotopic (exact) mass is 328 g/mol. The summed E-state index contributed by atoms with van der Waals surface area (Å²) in [5, 5.41) is 6.82. The van der Waals surface area contributed by atoms with E-state index in [4.69, 9.17) is 9.47 Å². The lowest BCUT2D eigenvalue weighted by Crippen LogP contribution is -2.15. The highest BCUT2D eigenvalue weighted by Gasteiger charge is 2.04. The Morgan fingerprint density at radius 2 is 1.50 bits per heavy atom. The van der Waals surface area contributed by atoms with E-state index in [2.05, 4.69) is 10.6 Å². The molecule has 0 aromatic heterocycles. The predicted molar refractivity (Wildman–Crippen MR) is 101 cm³/mol. The first-order valence-corrected chi connectivity index (χ1v) is 8.54. The molecule has 0 atom stereocenters. The molecule has 0 saturated carbocycles. The first-order chi connectivity index (χ1) is 11.5. The Labute approximate surface area is 145 Å². The Morgan fingerprint density at radius 1 is 0.792 bits per heavy atom. The lowest BCUT2D eigenvalue weighted by Gasteiger charge is -2.16. The van der Waals surface area contributed by atoms with Crippen molar-refractivity contribution in [2.75, 3.05) is 23.7 Å². The van der Waals surface area contributed by atoms with Gasteiger partial charge in [0.2, 0.25) is 0 Å². The van der Waals surface area contributed by atoms with E-state index < -0.39 is 0 Å². The maximum Gasteiger partial charge on any atom is 0.142 e. The number of rotatable bonds is 9. The number of benzene rings is 2. The van der Waals surface area contributed by atoms with Gasteiger partial charge in [0.25, 0.3) is 0 Å². The topological polar surface area (TPSA) is 42.5 Å². The normalized spacial score (nSPS) is 10.8. The van der Waals surface area contributed by atoms with Crippen LogP contribution in [-0.2, 0) is 0 Å². The van der Waals surface area contributed by atoms with E-state index in [0.29, 0.717) is 0 Å². The van der Waals surface area contributed by atoms with Gasteiger partial charge < -0.3 is 20.1 Å². The van der Waals surface area contributed by atoms with E-state index in [1.54, 1.807) is 0 Å². The summed E-state index contributed by atoms with van der Waals surface area (Å²) < 4.78 is 11.5. The van der Waals surface area contributed by atoms with Crippen LogP contribution >= 0.6 is 0 Å². The van der Waals surface area contributed by atoms with Crippen LogP contribution in [0.4, 0.5) is 11.4 Å². The van der Waals surface area contributed by atoms with Crippen LogP contribution in [-0.4, -0.2) is 25.3 Å². The molecule has 2 rings (SSSR count). The van der Waals surface area contributed by atoms with E-state index in [-0.39, 0.29) is 12.2 Å². The van der Waals surface area contributed by atoms with Crippen molar-refractivity contribution in [3.8, 4) is 11.5 Å². The number of hydrogen-bond donors (Lipinski definition) is 2. The molecular formula is C20H28N2O2. The smallest absolute Gasteiger partial charge is 0.142 e. The number of para-hydroxylation sites is 2. The molecule has 0 spiro atoms. The van der Waals surface area contributed by atoms with Gasteiger partial charge in [0.15, 0.2) is 0 Å². The largest absolute Gasteiger partial charge is 0.491 e. The minimum Gasteiger partial charge on any atom is -0.491 e. The maximum atomic E-state index is 5.81. The van der Waals surface area contributed by atoms with Crippen LogP contribution in [0, 0.1) is 0 Å². The van der Waals surface area contributed by atoms with Crippen LogP contribution in [0.3, 0.4) is 0 Å². The standard InChI is InChI=1S/C20H28N2O2/c1-15(2)23-18-9-7-8-17(14-18)21-12-13-22-19-10-5-6-11-20(19)24-16(3)4/h5-11,14-16,21-22H,12-13H2,1-4H3. The average Bonchev–Trinajstić information content (AvgIpc) is 2.52. The van der Waals surface area contributed by atoms with E-state index in [1.807, 2.05) is 76.2 Å². The average molecular weight is 328 g/mol. The molecule has 2 N–H and O–H groups in total. The van der Waals surface area contributed by atoms with E-state index in [9.17, 15) is 0 Å². The fourth-order valence-corrected chi connectivity index (χ4v) is 2.32. The summed E-state index contributed by atoms with van der Waals surface area (Å²) in [4.78, 5) is 0. The summed E-state index contributed by atoms with van der Waals surface area (Å²) in [7, 11) is 0. The molecule has 0 aliphatic rings. The summed E-state index contributed by atoms with van der Waals surface area (Å²) in [5.41, 5.74) is 2.08. The first kappa shape index (κ1) is 18.0. The molecule has 2 aromatic carbocycles. The zero-order valence-electron chi connectivity index (χ0n) is 15.0. The number of ether oxygens (including phenoxy) is 2. The molecule has 0 saturated heterocycles. The van der Waals surface area contributed by atoms with Crippen LogP contribution < -0.4 is 20.1 Å². The number of hydrogen-bond acceptors (Lipinski definition) is 4. The van der Waals surface area contributed by atoms with Crippen molar-refractivity contribution in [3.05, 3.63) is 48.5 Å². The molecule has 4 nitrogen and oxygen atoms in total. The van der Waals surface area contributed by atoms with Crippen molar-refractivity contribution in [2.45, 2.75) is 39.9 Å². The van der Waals surface area contributed by atoms with Gasteiger partial charge in [0.1, 0.15) is 11.5 Å². The van der Waals surface area contributed by atoms with E-state index in [0.717, 1.165) is 36.0 Å². The Balaban J connectivity index is 1.83. The predicted octanol–water partition coefficient (Wildman–Crippen LogP) is 4.79. The zero-order valence-corrected chi connectivity index (χ0v) is 15.0. The highest BCUT2D eigenvalue weighted by Crippen LogP contribution is 2.24. The zero-order chi connectivity index (χ0) is 17.4. The lowest BCUT2D eigenvalue weighted by atomic mass is 10.2. The number of anilines is 2. The van der Waals surface area contributed by atoms with Crippen LogP contribution in [0.25, 0.3) is 0 Å². The van der Waals surface area contributed by atoms with Gasteiger partial charge in [0.05, 0.1) is 17.9 Å². The molecule has 0 fully saturated rings. The summed E-state index contributed by atoms with van der Waals surface area (Å²) in [5.74, 6) is 1.78. The van der Waals surface area contributed by atoms with Gasteiger partial charge >= 0.3 is 0 Å². The molecule has 0 aliphatic heterocycles. The van der Waals surface area contributed by atoms with Crippen molar-refractivity contribution >= 4 is 11.4 Å². The second-order valence-electron chi connectivity index (χ2n) is 6.21. The SMILES string of the molecule is CC(C)Oc1cccc(NCCNc2ccccc2OC(C)C)c1. The van der Waals surface area contributed by atoms with Crippen LogP contribution in [0.2, 0.25) is 0 Å². The van der Waals surface area contributed by atoms with Crippen molar-refractivity contribution in [3.63, 3.8) is 0 Å². The minimum atomic E-state index is 0.162. The molecular weight excluding hydrogens is 300 g/mol. The third kappa shape index (κ3) is 6.03. The molecule has 4 heteroatoms. The molecule has 0 bridgehead atoms. The highest BCUT2D eigenvalue weighted by atomic mass is 16.5. The number of nitrogens with one attached hydrogen (secondary N) is 2. The van der Waals surface area contributed by atoms with Crippen molar-refractivity contribution in [1.82, 2.24) is 0 Å². The Bertz CT molecular complexity index is 627. The fourth-order valence-electron chi connectivity index (χ4n) is 2.32. The molecule has 0 unspecified atom stereocenters. The molecule has 0 aliphatic carbocycles. The summed E-state index contributed by atoms with van der Waals surface area (Å²) >= 11 is 0. The summed E-state index contributed by atoms with van der Waals surface area (Å²) in [6, 6.07) is 16.1. The van der Waals surface area contributed by atoms with E-state index in [1.165, 1.54) is 0 Å². The minimum absolute atomic E-state index is 0.162. The molecule has 0 radical (unpaired) electrons. The molecule has 0 amide bonds. The lowest BCUT2D eigenvalue weighted by molar-refractivity contribution is 0.242. The Morgan fingerprint density at radius 3 is 2.25 bits per heavy atom. The van der Waals surface area contributed by atoms with Crippen LogP contribution in [0.1, 0.15) is 27.7 Å². The molecule has 0 heterocycles. The van der Waals surface area contributed by atoms with Crippen molar-refractivity contribution in [2.24, 2.45) is 0 Å². The first-order valence-electron chi connectivity index (χ1n) is 8.54. The van der Waals surface area contributed by atoms with Crippen molar-refractivity contribution in [1.29, 1.82) is 0 Å². The molecule has 2 aromatic rings. The van der Waals surface area contributed by atoms with Crippen LogP contribution in [0.5, 0.6) is 11.5 Å². The third-order valence-corrected chi connectivity index (χ3v) is 3.23. The highest BCUT2D eigenvalue weighted by molar-refractivity contribution is 5.56. The summed E-state index contributed by atoms with van der Waals surface area (Å²) in [6.45, 7) is 9.73. The van der Waals surface area contributed by atoms with Gasteiger partial charge in [-0.05, 0) is 52.0 Å². The van der Waals surface area contributed by atoms with Gasteiger partial charge in [-0.1, -0.05) is 18.2 Å². The van der Waals surface area contributed by atoms with Gasteiger partial charge in [0, 0.05) is 24.8 Å². The second kappa shape index (κ2) is 9.06. The van der Waals surface area contributed by atoms with Gasteiger partial charge in [-0.25, -0.2) is 0 Å². The third-order valence-electron chi connectivity index (χ3n) is 3.23. The fraction of sp³-hybridized carbons (Fsp3) is 0.400. The van der Waals surface area contributed by atoms with Gasteiger partial charge in [-0.15, -0.1) is 0 Å². The quantitative estimate of drug-likeness (QED) is 0.650. The summed E-state index contributed by atoms with van der Waals surface area (Å²) in [6.07, 6.45) is 0.342. The van der Waals surface area contributed by atoms with Crippen molar-refractivity contribution < 1.29 is 9.47 Å². The van der Waals surface area contributed by atoms with E-state index >= 15 is 0 Å². The second-order valence-corrected chi connectivity index (χ2v) is 6.21. The maximum absolute atomic E-state index is 5.81. The van der Waals surface area contributed by atoms with Crippen LogP contribution in [0.15, 0.2) is 48.5 Å². The molecule has 130 valence electrons. The van der Waals surface area contributed by atoms with Gasteiger partial charge in [-0.3, -0.25) is 0 Å².